The first-order chi connectivity index (χ1) is 7.74. The Balaban J connectivity index is 2.37. The van der Waals surface area contributed by atoms with Crippen LogP contribution < -0.4 is 5.73 Å². The van der Waals surface area contributed by atoms with E-state index in [4.69, 9.17) is 11.0 Å². The second kappa shape index (κ2) is 3.07. The maximum atomic E-state index is 9.06. The normalized spacial score (nSPS) is 17.0. The van der Waals surface area contributed by atoms with E-state index in [0.29, 0.717) is 0 Å². The van der Waals surface area contributed by atoms with Crippen molar-refractivity contribution in [3.63, 3.8) is 0 Å². The van der Waals surface area contributed by atoms with Crippen LogP contribution in [-0.2, 0) is 5.54 Å². The van der Waals surface area contributed by atoms with Crippen molar-refractivity contribution >= 4 is 10.8 Å². The molecule has 0 saturated heterocycles. The predicted octanol–water partition coefficient (Wildman–Crippen LogP) is 2.66. The Hall–Kier alpha value is -1.85. The summed E-state index contributed by atoms with van der Waals surface area (Å²) in [6.07, 6.45) is 2.09. The lowest BCUT2D eigenvalue weighted by molar-refractivity contribution is 0.748. The van der Waals surface area contributed by atoms with E-state index in [0.717, 1.165) is 29.2 Å². The lowest BCUT2D eigenvalue weighted by Gasteiger charge is -2.13. The van der Waals surface area contributed by atoms with Crippen LogP contribution in [0.4, 0.5) is 0 Å². The van der Waals surface area contributed by atoms with Gasteiger partial charge in [0, 0.05) is 5.54 Å². The summed E-state index contributed by atoms with van der Waals surface area (Å²) in [5.41, 5.74) is 8.01. The summed E-state index contributed by atoms with van der Waals surface area (Å²) in [7, 11) is 0. The third-order valence-electron chi connectivity index (χ3n) is 3.37. The fraction of sp³-hybridized carbons (Fsp3) is 0.214. The molecule has 2 nitrogen and oxygen atoms in total. The van der Waals surface area contributed by atoms with Crippen LogP contribution in [0.5, 0.6) is 0 Å². The van der Waals surface area contributed by atoms with Crippen molar-refractivity contribution < 1.29 is 0 Å². The molecule has 0 spiro atoms. The van der Waals surface area contributed by atoms with Crippen LogP contribution >= 0.6 is 0 Å². The third-order valence-corrected chi connectivity index (χ3v) is 3.37. The molecule has 0 bridgehead atoms. The lowest BCUT2D eigenvalue weighted by Crippen LogP contribution is -2.19. The Morgan fingerprint density at radius 1 is 1.06 bits per heavy atom. The van der Waals surface area contributed by atoms with Crippen LogP contribution in [0.3, 0.4) is 0 Å². The van der Waals surface area contributed by atoms with E-state index in [9.17, 15) is 0 Å². The van der Waals surface area contributed by atoms with Gasteiger partial charge in [0.2, 0.25) is 0 Å². The zero-order valence-electron chi connectivity index (χ0n) is 8.90. The first-order valence-electron chi connectivity index (χ1n) is 5.46. The van der Waals surface area contributed by atoms with Crippen molar-refractivity contribution in [2.45, 2.75) is 18.4 Å². The van der Waals surface area contributed by atoms with E-state index in [2.05, 4.69) is 12.1 Å². The van der Waals surface area contributed by atoms with Gasteiger partial charge in [-0.2, -0.15) is 5.26 Å². The number of nitrogens with two attached hydrogens (primary N) is 1. The molecule has 0 amide bonds. The lowest BCUT2D eigenvalue weighted by atomic mass is 9.95. The van der Waals surface area contributed by atoms with Crippen LogP contribution in [-0.4, -0.2) is 0 Å². The van der Waals surface area contributed by atoms with Gasteiger partial charge in [-0.1, -0.05) is 30.3 Å². The minimum Gasteiger partial charge on any atom is -0.321 e. The van der Waals surface area contributed by atoms with Crippen molar-refractivity contribution in [1.82, 2.24) is 0 Å². The molecule has 0 heterocycles. The third kappa shape index (κ3) is 1.22. The second-order valence-corrected chi connectivity index (χ2v) is 4.47. The molecule has 78 valence electrons. The molecule has 0 aliphatic heterocycles. The van der Waals surface area contributed by atoms with Gasteiger partial charge in [0.1, 0.15) is 0 Å². The summed E-state index contributed by atoms with van der Waals surface area (Å²) in [6.45, 7) is 0. The van der Waals surface area contributed by atoms with Crippen molar-refractivity contribution in [2.24, 2.45) is 5.73 Å². The number of nitrogens with zero attached hydrogens (tertiary/aromatic N) is 1. The van der Waals surface area contributed by atoms with Gasteiger partial charge in [0.25, 0.3) is 0 Å². The van der Waals surface area contributed by atoms with Crippen LogP contribution in [0.25, 0.3) is 10.8 Å². The van der Waals surface area contributed by atoms with Crippen molar-refractivity contribution in [3.8, 4) is 6.07 Å². The number of fused-ring (bicyclic) bond motifs is 1. The molecule has 1 fully saturated rings. The standard InChI is InChI=1S/C14H12N2/c15-9-10-5-6-13(14(16)7-8-14)12-4-2-1-3-11(10)12/h1-6H,7-8,16H2. The molecule has 0 unspecified atom stereocenters. The van der Waals surface area contributed by atoms with Gasteiger partial charge >= 0.3 is 0 Å². The molecule has 3 rings (SSSR count). The zero-order chi connectivity index (χ0) is 11.2. The topological polar surface area (TPSA) is 49.8 Å². The Morgan fingerprint density at radius 3 is 2.38 bits per heavy atom. The van der Waals surface area contributed by atoms with Crippen molar-refractivity contribution in [1.29, 1.82) is 5.26 Å². The molecule has 2 aromatic rings. The molecule has 0 atom stereocenters. The number of hydrogen-bond acceptors (Lipinski definition) is 2. The number of rotatable bonds is 1. The summed E-state index contributed by atoms with van der Waals surface area (Å²) >= 11 is 0. The molecule has 2 aromatic carbocycles. The van der Waals surface area contributed by atoms with Crippen LogP contribution in [0, 0.1) is 11.3 Å². The Kier molecular flexibility index (Phi) is 1.80. The van der Waals surface area contributed by atoms with Gasteiger partial charge in [-0.15, -0.1) is 0 Å². The van der Waals surface area contributed by atoms with Crippen LogP contribution in [0.1, 0.15) is 24.0 Å². The zero-order valence-corrected chi connectivity index (χ0v) is 8.90. The second-order valence-electron chi connectivity index (χ2n) is 4.47. The fourth-order valence-corrected chi connectivity index (χ4v) is 2.23. The van der Waals surface area contributed by atoms with Gasteiger partial charge in [0.05, 0.1) is 11.6 Å². The molecular weight excluding hydrogens is 196 g/mol. The van der Waals surface area contributed by atoms with Crippen LogP contribution in [0.2, 0.25) is 0 Å². The van der Waals surface area contributed by atoms with Crippen molar-refractivity contribution in [3.05, 3.63) is 47.5 Å². The van der Waals surface area contributed by atoms with Gasteiger partial charge in [0.15, 0.2) is 0 Å². The molecule has 2 heteroatoms. The Bertz CT molecular complexity index is 604. The molecule has 2 N–H and O–H groups in total. The van der Waals surface area contributed by atoms with Gasteiger partial charge in [-0.3, -0.25) is 0 Å². The molecule has 0 aromatic heterocycles. The maximum absolute atomic E-state index is 9.06. The number of nitriles is 1. The monoisotopic (exact) mass is 208 g/mol. The highest BCUT2D eigenvalue weighted by Gasteiger charge is 2.41. The predicted molar refractivity (Wildman–Crippen MR) is 63.8 cm³/mol. The Labute approximate surface area is 94.3 Å². The van der Waals surface area contributed by atoms with E-state index in [-0.39, 0.29) is 5.54 Å². The highest BCUT2D eigenvalue weighted by molar-refractivity contribution is 5.91. The summed E-state index contributed by atoms with van der Waals surface area (Å²) in [5, 5.41) is 11.2. The Morgan fingerprint density at radius 2 is 1.75 bits per heavy atom. The van der Waals surface area contributed by atoms with E-state index in [1.54, 1.807) is 0 Å². The molecule has 1 aliphatic rings. The molecule has 16 heavy (non-hydrogen) atoms. The first kappa shape index (κ1) is 9.38. The average molecular weight is 208 g/mol. The summed E-state index contributed by atoms with van der Waals surface area (Å²) < 4.78 is 0. The number of hydrogen-bond donors (Lipinski definition) is 1. The molecule has 1 saturated carbocycles. The SMILES string of the molecule is N#Cc1ccc(C2(N)CC2)c2ccccc12. The minimum absolute atomic E-state index is 0.145. The molecule has 0 radical (unpaired) electrons. The fourth-order valence-electron chi connectivity index (χ4n) is 2.23. The largest absolute Gasteiger partial charge is 0.321 e. The van der Waals surface area contributed by atoms with Crippen LogP contribution in [0.15, 0.2) is 36.4 Å². The maximum Gasteiger partial charge on any atom is 0.0998 e. The highest BCUT2D eigenvalue weighted by Crippen LogP contribution is 2.45. The smallest absolute Gasteiger partial charge is 0.0998 e. The van der Waals surface area contributed by atoms with Gasteiger partial charge < -0.3 is 5.73 Å². The summed E-state index contributed by atoms with van der Waals surface area (Å²) in [4.78, 5) is 0. The van der Waals surface area contributed by atoms with E-state index >= 15 is 0 Å². The summed E-state index contributed by atoms with van der Waals surface area (Å²) in [5.74, 6) is 0. The van der Waals surface area contributed by atoms with Gasteiger partial charge in [-0.25, -0.2) is 0 Å². The minimum atomic E-state index is -0.145. The molecule has 1 aliphatic carbocycles. The quantitative estimate of drug-likeness (QED) is 0.783. The first-order valence-corrected chi connectivity index (χ1v) is 5.46. The van der Waals surface area contributed by atoms with E-state index < -0.39 is 0 Å². The van der Waals surface area contributed by atoms with Crippen molar-refractivity contribution in [2.75, 3.05) is 0 Å². The van der Waals surface area contributed by atoms with E-state index in [1.165, 1.54) is 5.56 Å². The summed E-state index contributed by atoms with van der Waals surface area (Å²) in [6, 6.07) is 14.1. The van der Waals surface area contributed by atoms with E-state index in [1.807, 2.05) is 30.3 Å². The van der Waals surface area contributed by atoms with Gasteiger partial charge in [-0.05, 0) is 35.2 Å². The highest BCUT2D eigenvalue weighted by atomic mass is 14.8. The molecular formula is C14H12N2. The average Bonchev–Trinajstić information content (AvgIpc) is 3.07. The number of benzene rings is 2.